The number of nitrogens with zero attached hydrogens (tertiary/aromatic N) is 7. The molecule has 3 aliphatic rings. The Morgan fingerprint density at radius 1 is 0.903 bits per heavy atom. The van der Waals surface area contributed by atoms with E-state index in [2.05, 4.69) is 54.7 Å². The fraction of sp³-hybridized carbons (Fsp3) is 0.352. The first-order valence-corrected chi connectivity index (χ1v) is 25.2. The number of nitrogens with one attached hydrogen (secondary N) is 3. The number of thiazole rings is 1. The molecule has 370 valence electrons. The van der Waals surface area contributed by atoms with Crippen molar-refractivity contribution in [3.05, 3.63) is 119 Å². The molecule has 4 aromatic heterocycles. The summed E-state index contributed by atoms with van der Waals surface area (Å²) in [5, 5.41) is 24.7. The van der Waals surface area contributed by atoms with Gasteiger partial charge in [-0.2, -0.15) is 5.10 Å². The number of piperidine rings is 2. The van der Waals surface area contributed by atoms with Gasteiger partial charge in [-0.3, -0.25) is 44.4 Å². The van der Waals surface area contributed by atoms with Gasteiger partial charge in [-0.1, -0.05) is 43.4 Å². The van der Waals surface area contributed by atoms with Crippen molar-refractivity contribution in [3.63, 3.8) is 0 Å². The molecule has 4 N–H and O–H groups in total. The summed E-state index contributed by atoms with van der Waals surface area (Å²) < 4.78 is 9.07. The first-order valence-electron chi connectivity index (χ1n) is 24.3. The number of rotatable bonds is 14. The van der Waals surface area contributed by atoms with E-state index in [1.807, 2.05) is 84.6 Å². The molecular weight excluding hydrogens is 933 g/mol. The Morgan fingerprint density at radius 2 is 1.71 bits per heavy atom. The maximum atomic E-state index is 13.6. The van der Waals surface area contributed by atoms with Crippen molar-refractivity contribution < 1.29 is 33.8 Å². The monoisotopic (exact) mass is 988 g/mol. The van der Waals surface area contributed by atoms with E-state index in [0.717, 1.165) is 75.7 Å². The Labute approximate surface area is 420 Å². The molecule has 4 amide bonds. The van der Waals surface area contributed by atoms with Crippen LogP contribution in [0.25, 0.3) is 32.2 Å². The zero-order chi connectivity index (χ0) is 50.3. The number of imide groups is 1. The van der Waals surface area contributed by atoms with E-state index < -0.39 is 11.9 Å². The van der Waals surface area contributed by atoms with Gasteiger partial charge in [-0.25, -0.2) is 14.8 Å². The predicted molar refractivity (Wildman–Crippen MR) is 275 cm³/mol. The van der Waals surface area contributed by atoms with E-state index in [4.69, 9.17) is 4.74 Å². The lowest BCUT2D eigenvalue weighted by Crippen LogP contribution is -2.40. The average Bonchev–Trinajstić information content (AvgIpc) is 3.92. The number of hydrogen-bond donors (Lipinski definition) is 4. The zero-order valence-corrected chi connectivity index (χ0v) is 41.5. The minimum absolute atomic E-state index is 0.0611. The lowest BCUT2D eigenvalue weighted by Gasteiger charge is -2.36. The summed E-state index contributed by atoms with van der Waals surface area (Å²) in [5.74, 6) is -0.991. The molecule has 3 aliphatic heterocycles. The number of ether oxygens (including phenoxy) is 1. The molecule has 17 nitrogen and oxygen atoms in total. The molecule has 1 unspecified atom stereocenters. The van der Waals surface area contributed by atoms with Crippen molar-refractivity contribution in [2.75, 3.05) is 48.3 Å². The quantitative estimate of drug-likeness (QED) is 0.0759. The van der Waals surface area contributed by atoms with Crippen LogP contribution in [0.1, 0.15) is 95.2 Å². The SMILES string of the molecule is Cc1cc(OCC(C)(C)CC2CCN(CC(=O)Nc3ccc4c(C5CCC(=O)NC5=O)nn(C)c4c3)CC2)ccc1-c1ccc(N2CCc3ccnc(C(=O)Nc4nc5ccccc5s4)c3C2)nc1C(=O)O. The summed E-state index contributed by atoms with van der Waals surface area (Å²) in [7, 11) is 1.81. The van der Waals surface area contributed by atoms with Crippen molar-refractivity contribution >= 4 is 78.7 Å². The summed E-state index contributed by atoms with van der Waals surface area (Å²) in [6.07, 6.45) is 5.88. The van der Waals surface area contributed by atoms with Crippen molar-refractivity contribution in [3.8, 4) is 16.9 Å². The minimum Gasteiger partial charge on any atom is -0.493 e. The number of carboxylic acids is 1. The molecule has 72 heavy (non-hydrogen) atoms. The molecule has 1 atom stereocenters. The van der Waals surface area contributed by atoms with Crippen LogP contribution in [0.3, 0.4) is 0 Å². The van der Waals surface area contributed by atoms with Crippen molar-refractivity contribution in [2.24, 2.45) is 18.4 Å². The number of hydrogen-bond acceptors (Lipinski definition) is 13. The van der Waals surface area contributed by atoms with Crippen molar-refractivity contribution in [1.29, 1.82) is 0 Å². The van der Waals surface area contributed by atoms with Crippen LogP contribution in [-0.4, -0.2) is 97.1 Å². The van der Waals surface area contributed by atoms with Crippen LogP contribution in [0.2, 0.25) is 0 Å². The second-order valence-corrected chi connectivity index (χ2v) is 21.0. The first-order chi connectivity index (χ1) is 34.6. The van der Waals surface area contributed by atoms with Crippen LogP contribution in [0.4, 0.5) is 16.6 Å². The molecule has 10 rings (SSSR count). The second-order valence-electron chi connectivity index (χ2n) is 19.9. The summed E-state index contributed by atoms with van der Waals surface area (Å²) in [6, 6.07) is 24.6. The normalized spacial score (nSPS) is 16.7. The highest BCUT2D eigenvalue weighted by molar-refractivity contribution is 7.22. The highest BCUT2D eigenvalue weighted by Gasteiger charge is 2.33. The summed E-state index contributed by atoms with van der Waals surface area (Å²) in [6.45, 7) is 9.71. The molecular formula is C54H56N10O7S. The number of carbonyl (C=O) groups is 5. The number of aromatic nitrogens is 5. The van der Waals surface area contributed by atoms with Gasteiger partial charge in [0.15, 0.2) is 10.8 Å². The van der Waals surface area contributed by atoms with Gasteiger partial charge in [-0.05, 0) is 141 Å². The van der Waals surface area contributed by atoms with Gasteiger partial charge >= 0.3 is 5.97 Å². The van der Waals surface area contributed by atoms with Gasteiger partial charge < -0.3 is 20.1 Å². The Bertz CT molecular complexity index is 3250. The predicted octanol–water partition coefficient (Wildman–Crippen LogP) is 8.13. The molecule has 7 aromatic rings. The standard InChI is InChI=1S/C54H56N10O7S/c1-31-25-35(71-30-54(2,3)27-32-18-22-63(23-19-32)29-46(66)56-34-9-11-38-42(26-34)62(4)61-47(38)39-14-16-45(65)59-50(39)67)10-12-36(31)37-13-15-44(58-49(37)52(69)70)64-24-20-33-17-21-55-48(40(33)28-64)51(68)60-53-57-41-7-5-6-8-43(41)72-53/h5-13,15,17,21,25-26,32,39H,14,16,18-20,22-24,27-30H2,1-4H3,(H,56,66)(H,69,70)(H,57,60,68)(H,59,65,67). The highest BCUT2D eigenvalue weighted by Crippen LogP contribution is 2.37. The molecule has 2 saturated heterocycles. The second kappa shape index (κ2) is 19.9. The smallest absolute Gasteiger partial charge is 0.355 e. The molecule has 0 bridgehead atoms. The van der Waals surface area contributed by atoms with Gasteiger partial charge in [0.05, 0.1) is 40.5 Å². The summed E-state index contributed by atoms with van der Waals surface area (Å²) >= 11 is 1.40. The number of carboxylic acid groups (broad SMARTS) is 1. The van der Waals surface area contributed by atoms with E-state index in [1.54, 1.807) is 24.0 Å². The number of pyridine rings is 2. The number of likely N-dealkylation sites (tertiary alicyclic amines) is 1. The molecule has 7 heterocycles. The Balaban J connectivity index is 0.715. The number of aryl methyl sites for hydroxylation is 2. The lowest BCUT2D eigenvalue weighted by atomic mass is 9.79. The maximum absolute atomic E-state index is 13.6. The summed E-state index contributed by atoms with van der Waals surface area (Å²) in [4.78, 5) is 81.7. The highest BCUT2D eigenvalue weighted by atomic mass is 32.1. The van der Waals surface area contributed by atoms with Gasteiger partial charge in [0, 0.05) is 55.0 Å². The largest absolute Gasteiger partial charge is 0.493 e. The van der Waals surface area contributed by atoms with Gasteiger partial charge in [0.1, 0.15) is 17.3 Å². The molecule has 0 aliphatic carbocycles. The van der Waals surface area contributed by atoms with Gasteiger partial charge in [-0.15, -0.1) is 0 Å². The molecule has 0 saturated carbocycles. The molecule has 2 fully saturated rings. The van der Waals surface area contributed by atoms with E-state index >= 15 is 0 Å². The van der Waals surface area contributed by atoms with Crippen LogP contribution in [0.5, 0.6) is 5.75 Å². The summed E-state index contributed by atoms with van der Waals surface area (Å²) in [5.41, 5.74) is 6.90. The number of anilines is 3. The van der Waals surface area contributed by atoms with Crippen LogP contribution in [0.15, 0.2) is 85.1 Å². The fourth-order valence-electron chi connectivity index (χ4n) is 10.4. The molecule has 18 heteroatoms. The van der Waals surface area contributed by atoms with Crippen LogP contribution < -0.4 is 25.6 Å². The zero-order valence-electron chi connectivity index (χ0n) is 40.7. The Hall–Kier alpha value is -7.57. The molecule has 3 aromatic carbocycles. The minimum atomic E-state index is -1.14. The van der Waals surface area contributed by atoms with E-state index in [9.17, 15) is 29.1 Å². The number of fused-ring (bicyclic) bond motifs is 3. The fourth-order valence-corrected chi connectivity index (χ4v) is 11.3. The lowest BCUT2D eigenvalue weighted by molar-refractivity contribution is -0.134. The van der Waals surface area contributed by atoms with Crippen LogP contribution in [0, 0.1) is 18.3 Å². The Morgan fingerprint density at radius 3 is 2.49 bits per heavy atom. The maximum Gasteiger partial charge on any atom is 0.355 e. The number of amides is 4. The van der Waals surface area contributed by atoms with Gasteiger partial charge in [0.25, 0.3) is 5.91 Å². The Kier molecular flexibility index (Phi) is 13.3. The van der Waals surface area contributed by atoms with E-state index in [-0.39, 0.29) is 47.7 Å². The van der Waals surface area contributed by atoms with E-state index in [1.165, 1.54) is 11.3 Å². The third-order valence-corrected chi connectivity index (χ3v) is 15.0. The third kappa shape index (κ3) is 10.3. The molecule has 0 spiro atoms. The van der Waals surface area contributed by atoms with E-state index in [0.29, 0.717) is 77.8 Å². The molecule has 0 radical (unpaired) electrons. The van der Waals surface area contributed by atoms with Crippen molar-refractivity contribution in [1.82, 2.24) is 34.9 Å². The van der Waals surface area contributed by atoms with Crippen LogP contribution in [-0.2, 0) is 34.4 Å². The number of aromatic carboxylic acids is 1. The number of para-hydroxylation sites is 1. The topological polar surface area (TPSA) is 214 Å². The van der Waals surface area contributed by atoms with Crippen molar-refractivity contribution in [2.45, 2.75) is 71.8 Å². The van der Waals surface area contributed by atoms with Gasteiger partial charge in [0.2, 0.25) is 17.7 Å². The van der Waals surface area contributed by atoms with Crippen LogP contribution >= 0.6 is 11.3 Å². The first kappa shape index (κ1) is 48.1. The third-order valence-electron chi connectivity index (χ3n) is 14.1. The number of benzene rings is 3. The number of carbonyl (C=O) groups excluding carboxylic acids is 4. The average molecular weight is 989 g/mol.